The van der Waals surface area contributed by atoms with Gasteiger partial charge >= 0.3 is 6.03 Å². The molecule has 0 aliphatic heterocycles. The van der Waals surface area contributed by atoms with Crippen molar-refractivity contribution in [3.63, 3.8) is 0 Å². The summed E-state index contributed by atoms with van der Waals surface area (Å²) in [6.07, 6.45) is 2.00. The Bertz CT molecular complexity index is 780. The fourth-order valence-electron chi connectivity index (χ4n) is 3.18. The molecule has 0 aromatic heterocycles. The highest BCUT2D eigenvalue weighted by Gasteiger charge is 2.26. The molecule has 3 amide bonds. The van der Waals surface area contributed by atoms with Crippen LogP contribution in [0, 0.1) is 5.82 Å². The smallest absolute Gasteiger partial charge is 0.315 e. The van der Waals surface area contributed by atoms with Crippen LogP contribution < -0.4 is 16.0 Å². The maximum atomic E-state index is 13.7. The number of halogens is 1. The molecular weight excluding hydrogens is 333 g/mol. The average molecular weight is 355 g/mol. The number of nitrogens with one attached hydrogen (secondary N) is 3. The number of benzene rings is 2. The van der Waals surface area contributed by atoms with Crippen molar-refractivity contribution in [2.24, 2.45) is 0 Å². The third-order valence-corrected chi connectivity index (χ3v) is 4.51. The highest BCUT2D eigenvalue weighted by molar-refractivity contribution is 5.84. The molecule has 2 aromatic carbocycles. The van der Waals surface area contributed by atoms with Gasteiger partial charge in [0.15, 0.2) is 0 Å². The minimum Gasteiger partial charge on any atom is -0.354 e. The molecule has 136 valence electrons. The van der Waals surface area contributed by atoms with Gasteiger partial charge in [-0.15, -0.1) is 0 Å². The number of fused-ring (bicyclic) bond motifs is 1. The van der Waals surface area contributed by atoms with E-state index in [9.17, 15) is 14.0 Å². The van der Waals surface area contributed by atoms with Crippen molar-refractivity contribution in [1.29, 1.82) is 0 Å². The van der Waals surface area contributed by atoms with Crippen molar-refractivity contribution in [3.05, 3.63) is 71.0 Å². The third-order valence-electron chi connectivity index (χ3n) is 4.51. The average Bonchev–Trinajstić information content (AvgIpc) is 3.05. The predicted molar refractivity (Wildman–Crippen MR) is 97.2 cm³/mol. The minimum absolute atomic E-state index is 0.0939. The van der Waals surface area contributed by atoms with Crippen LogP contribution in [-0.4, -0.2) is 25.0 Å². The SMILES string of the molecule is O=C(CNC(=O)NC1CCc2c(F)cccc21)NCCc1ccccc1. The zero-order valence-corrected chi connectivity index (χ0v) is 14.4. The molecule has 0 bridgehead atoms. The molecule has 1 unspecified atom stereocenters. The Hall–Kier alpha value is -2.89. The molecular formula is C20H22FN3O2. The lowest BCUT2D eigenvalue weighted by atomic mass is 10.1. The summed E-state index contributed by atoms with van der Waals surface area (Å²) in [4.78, 5) is 23.8. The van der Waals surface area contributed by atoms with Gasteiger partial charge in [0.25, 0.3) is 0 Å². The molecule has 0 radical (unpaired) electrons. The Morgan fingerprint density at radius 1 is 1.04 bits per heavy atom. The van der Waals surface area contributed by atoms with E-state index in [0.717, 1.165) is 17.5 Å². The number of hydrogen-bond acceptors (Lipinski definition) is 2. The molecule has 0 saturated heterocycles. The van der Waals surface area contributed by atoms with Crippen LogP contribution in [0.5, 0.6) is 0 Å². The van der Waals surface area contributed by atoms with Crippen LogP contribution in [0.1, 0.15) is 29.2 Å². The second kappa shape index (κ2) is 8.47. The summed E-state index contributed by atoms with van der Waals surface area (Å²) in [6, 6.07) is 14.1. The first kappa shape index (κ1) is 17.9. The lowest BCUT2D eigenvalue weighted by Crippen LogP contribution is -2.43. The van der Waals surface area contributed by atoms with Gasteiger partial charge < -0.3 is 16.0 Å². The molecule has 2 aromatic rings. The van der Waals surface area contributed by atoms with Crippen LogP contribution in [0.15, 0.2) is 48.5 Å². The fourth-order valence-corrected chi connectivity index (χ4v) is 3.18. The van der Waals surface area contributed by atoms with Crippen molar-refractivity contribution in [3.8, 4) is 0 Å². The van der Waals surface area contributed by atoms with Crippen LogP contribution in [0.3, 0.4) is 0 Å². The number of carbonyl (C=O) groups is 2. The second-order valence-corrected chi connectivity index (χ2v) is 6.31. The zero-order valence-electron chi connectivity index (χ0n) is 14.4. The van der Waals surface area contributed by atoms with Gasteiger partial charge in [-0.3, -0.25) is 4.79 Å². The predicted octanol–water partition coefficient (Wildman–Crippen LogP) is 2.47. The molecule has 1 atom stereocenters. The van der Waals surface area contributed by atoms with Crippen LogP contribution in [-0.2, 0) is 17.6 Å². The number of rotatable bonds is 6. The van der Waals surface area contributed by atoms with E-state index in [2.05, 4.69) is 16.0 Å². The van der Waals surface area contributed by atoms with E-state index >= 15 is 0 Å². The minimum atomic E-state index is -0.426. The Morgan fingerprint density at radius 2 is 1.85 bits per heavy atom. The Kier molecular flexibility index (Phi) is 5.84. The van der Waals surface area contributed by atoms with Crippen LogP contribution >= 0.6 is 0 Å². The monoisotopic (exact) mass is 355 g/mol. The van der Waals surface area contributed by atoms with Gasteiger partial charge in [0, 0.05) is 6.54 Å². The Morgan fingerprint density at radius 3 is 2.65 bits per heavy atom. The van der Waals surface area contributed by atoms with E-state index in [0.29, 0.717) is 24.9 Å². The standard InChI is InChI=1S/C20H22FN3O2/c21-17-8-4-7-16-15(17)9-10-18(16)24-20(26)23-13-19(25)22-12-11-14-5-2-1-3-6-14/h1-8,18H,9-13H2,(H,22,25)(H2,23,24,26). The van der Waals surface area contributed by atoms with E-state index in [-0.39, 0.29) is 24.3 Å². The topological polar surface area (TPSA) is 70.2 Å². The van der Waals surface area contributed by atoms with Crippen molar-refractivity contribution in [2.75, 3.05) is 13.1 Å². The summed E-state index contributed by atoms with van der Waals surface area (Å²) in [6.45, 7) is 0.421. The Balaban J connectivity index is 1.38. The van der Waals surface area contributed by atoms with Gasteiger partial charge in [-0.2, -0.15) is 0 Å². The summed E-state index contributed by atoms with van der Waals surface area (Å²) in [5, 5.41) is 8.12. The van der Waals surface area contributed by atoms with E-state index in [1.807, 2.05) is 36.4 Å². The Labute approximate surface area is 152 Å². The fraction of sp³-hybridized carbons (Fsp3) is 0.300. The maximum Gasteiger partial charge on any atom is 0.315 e. The number of carbonyl (C=O) groups excluding carboxylic acids is 2. The molecule has 6 heteroatoms. The molecule has 0 fully saturated rings. The van der Waals surface area contributed by atoms with E-state index in [4.69, 9.17) is 0 Å². The van der Waals surface area contributed by atoms with Crippen LogP contribution in [0.25, 0.3) is 0 Å². The lowest BCUT2D eigenvalue weighted by molar-refractivity contribution is -0.120. The maximum absolute atomic E-state index is 13.7. The first-order chi connectivity index (χ1) is 12.6. The highest BCUT2D eigenvalue weighted by Crippen LogP contribution is 2.32. The normalized spacial score (nSPS) is 15.2. The van der Waals surface area contributed by atoms with Gasteiger partial charge in [0.1, 0.15) is 5.82 Å². The molecule has 0 heterocycles. The summed E-state index contributed by atoms with van der Waals surface area (Å²) in [5.41, 5.74) is 2.62. The first-order valence-electron chi connectivity index (χ1n) is 8.76. The summed E-state index contributed by atoms with van der Waals surface area (Å²) >= 11 is 0. The molecule has 1 aliphatic rings. The van der Waals surface area contributed by atoms with E-state index < -0.39 is 6.03 Å². The van der Waals surface area contributed by atoms with Crippen LogP contribution in [0.2, 0.25) is 0 Å². The molecule has 1 aliphatic carbocycles. The molecule has 26 heavy (non-hydrogen) atoms. The third kappa shape index (κ3) is 4.59. The van der Waals surface area contributed by atoms with Crippen molar-refractivity contribution >= 4 is 11.9 Å². The van der Waals surface area contributed by atoms with Gasteiger partial charge in [0.2, 0.25) is 5.91 Å². The van der Waals surface area contributed by atoms with Gasteiger partial charge in [-0.1, -0.05) is 42.5 Å². The lowest BCUT2D eigenvalue weighted by Gasteiger charge is -2.15. The molecule has 0 saturated carbocycles. The largest absolute Gasteiger partial charge is 0.354 e. The number of hydrogen-bond donors (Lipinski definition) is 3. The van der Waals surface area contributed by atoms with Crippen molar-refractivity contribution < 1.29 is 14.0 Å². The zero-order chi connectivity index (χ0) is 18.4. The van der Waals surface area contributed by atoms with Gasteiger partial charge in [-0.05, 0) is 42.0 Å². The number of amides is 3. The first-order valence-corrected chi connectivity index (χ1v) is 8.76. The van der Waals surface area contributed by atoms with E-state index in [1.165, 1.54) is 6.07 Å². The van der Waals surface area contributed by atoms with Gasteiger partial charge in [0.05, 0.1) is 12.6 Å². The molecule has 3 N–H and O–H groups in total. The highest BCUT2D eigenvalue weighted by atomic mass is 19.1. The molecule has 5 nitrogen and oxygen atoms in total. The molecule has 0 spiro atoms. The number of urea groups is 1. The summed E-state index contributed by atoms with van der Waals surface area (Å²) in [7, 11) is 0. The van der Waals surface area contributed by atoms with Crippen molar-refractivity contribution in [1.82, 2.24) is 16.0 Å². The van der Waals surface area contributed by atoms with Gasteiger partial charge in [-0.25, -0.2) is 9.18 Å². The summed E-state index contributed by atoms with van der Waals surface area (Å²) < 4.78 is 13.7. The van der Waals surface area contributed by atoms with Crippen LogP contribution in [0.4, 0.5) is 9.18 Å². The quantitative estimate of drug-likeness (QED) is 0.745. The second-order valence-electron chi connectivity index (χ2n) is 6.31. The van der Waals surface area contributed by atoms with E-state index in [1.54, 1.807) is 6.07 Å². The van der Waals surface area contributed by atoms with Crippen molar-refractivity contribution in [2.45, 2.75) is 25.3 Å². The molecule has 3 rings (SSSR count). The summed E-state index contributed by atoms with van der Waals surface area (Å²) in [5.74, 6) is -0.473.